The van der Waals surface area contributed by atoms with Crippen LogP contribution < -0.4 is 5.32 Å². The van der Waals surface area contributed by atoms with Crippen molar-refractivity contribution in [1.82, 2.24) is 15.1 Å². The molecular formula is C14H27N3O. The van der Waals surface area contributed by atoms with E-state index < -0.39 is 0 Å². The Morgan fingerprint density at radius 3 is 2.56 bits per heavy atom. The minimum absolute atomic E-state index is 0.157. The van der Waals surface area contributed by atoms with Gasteiger partial charge in [-0.25, -0.2) is 0 Å². The minimum Gasteiger partial charge on any atom is -0.394 e. The van der Waals surface area contributed by atoms with Gasteiger partial charge in [0.05, 0.1) is 12.3 Å². The monoisotopic (exact) mass is 253 g/mol. The quantitative estimate of drug-likeness (QED) is 0.742. The molecule has 1 aromatic rings. The van der Waals surface area contributed by atoms with Gasteiger partial charge in [-0.2, -0.15) is 5.10 Å². The summed E-state index contributed by atoms with van der Waals surface area (Å²) in [4.78, 5) is 0. The van der Waals surface area contributed by atoms with E-state index in [0.717, 1.165) is 38.0 Å². The smallest absolute Gasteiger partial charge is 0.0624 e. The molecule has 4 heteroatoms. The lowest BCUT2D eigenvalue weighted by molar-refractivity contribution is 0.161. The zero-order valence-electron chi connectivity index (χ0n) is 12.2. The molecule has 4 nitrogen and oxygen atoms in total. The molecule has 1 rings (SSSR count). The fraction of sp³-hybridized carbons (Fsp3) is 0.786. The van der Waals surface area contributed by atoms with Gasteiger partial charge in [-0.1, -0.05) is 20.8 Å². The Morgan fingerprint density at radius 2 is 2.06 bits per heavy atom. The predicted molar refractivity (Wildman–Crippen MR) is 74.8 cm³/mol. The van der Waals surface area contributed by atoms with E-state index in [1.165, 1.54) is 5.69 Å². The zero-order chi connectivity index (χ0) is 13.6. The maximum atomic E-state index is 9.48. The highest BCUT2D eigenvalue weighted by molar-refractivity contribution is 5.10. The van der Waals surface area contributed by atoms with Gasteiger partial charge in [0.1, 0.15) is 0 Å². The molecule has 0 amide bonds. The highest BCUT2D eigenvalue weighted by atomic mass is 16.3. The predicted octanol–water partition coefficient (Wildman–Crippen LogP) is 1.76. The second-order valence-corrected chi connectivity index (χ2v) is 5.06. The van der Waals surface area contributed by atoms with E-state index in [-0.39, 0.29) is 12.1 Å². The van der Waals surface area contributed by atoms with Crippen LogP contribution in [0.5, 0.6) is 0 Å². The first-order chi connectivity index (χ1) is 8.58. The molecule has 18 heavy (non-hydrogen) atoms. The third kappa shape index (κ3) is 3.82. The highest BCUT2D eigenvalue weighted by Gasteiger charge is 2.22. The number of hydrogen-bond acceptors (Lipinski definition) is 3. The van der Waals surface area contributed by atoms with Crippen LogP contribution in [0.1, 0.15) is 45.5 Å². The Hall–Kier alpha value is -0.870. The van der Waals surface area contributed by atoms with Crippen molar-refractivity contribution in [2.24, 2.45) is 0 Å². The van der Waals surface area contributed by atoms with Crippen LogP contribution in [0.15, 0.2) is 6.07 Å². The summed E-state index contributed by atoms with van der Waals surface area (Å²) in [5.74, 6) is 0. The molecule has 0 aliphatic carbocycles. The highest BCUT2D eigenvalue weighted by Crippen LogP contribution is 2.13. The van der Waals surface area contributed by atoms with E-state index in [9.17, 15) is 5.11 Å². The van der Waals surface area contributed by atoms with Gasteiger partial charge in [0.15, 0.2) is 0 Å². The molecule has 0 bridgehead atoms. The third-order valence-corrected chi connectivity index (χ3v) is 3.47. The normalized spacial score (nSPS) is 14.7. The Balaban J connectivity index is 2.69. The lowest BCUT2D eigenvalue weighted by atomic mass is 9.99. The third-order valence-electron chi connectivity index (χ3n) is 3.47. The van der Waals surface area contributed by atoms with Gasteiger partial charge < -0.3 is 10.4 Å². The Bertz CT molecular complexity index is 362. The van der Waals surface area contributed by atoms with Crippen molar-refractivity contribution in [1.29, 1.82) is 0 Å². The number of nitrogens with one attached hydrogen (secondary N) is 1. The average molecular weight is 253 g/mol. The molecular weight excluding hydrogens is 226 g/mol. The average Bonchev–Trinajstić information content (AvgIpc) is 2.79. The van der Waals surface area contributed by atoms with Crippen LogP contribution in [-0.4, -0.2) is 33.6 Å². The van der Waals surface area contributed by atoms with Crippen LogP contribution in [0, 0.1) is 0 Å². The van der Waals surface area contributed by atoms with Crippen LogP contribution in [-0.2, 0) is 19.4 Å². The van der Waals surface area contributed by atoms with Crippen LogP contribution in [0.3, 0.4) is 0 Å². The molecule has 0 fully saturated rings. The van der Waals surface area contributed by atoms with Crippen molar-refractivity contribution in [3.05, 3.63) is 17.5 Å². The molecule has 1 aromatic heterocycles. The summed E-state index contributed by atoms with van der Waals surface area (Å²) >= 11 is 0. The molecule has 0 saturated carbocycles. The molecule has 0 aromatic carbocycles. The van der Waals surface area contributed by atoms with E-state index in [0.29, 0.717) is 0 Å². The number of aryl methyl sites for hydroxylation is 3. The molecule has 104 valence electrons. The van der Waals surface area contributed by atoms with Gasteiger partial charge >= 0.3 is 0 Å². The molecule has 1 unspecified atom stereocenters. The molecule has 1 atom stereocenters. The topological polar surface area (TPSA) is 50.1 Å². The van der Waals surface area contributed by atoms with Crippen molar-refractivity contribution in [3.63, 3.8) is 0 Å². The molecule has 0 aliphatic heterocycles. The Kier molecular flexibility index (Phi) is 5.82. The Morgan fingerprint density at radius 1 is 1.33 bits per heavy atom. The van der Waals surface area contributed by atoms with Gasteiger partial charge in [0.2, 0.25) is 0 Å². The lowest BCUT2D eigenvalue weighted by Gasteiger charge is -2.28. The van der Waals surface area contributed by atoms with Gasteiger partial charge in [-0.15, -0.1) is 0 Å². The van der Waals surface area contributed by atoms with Crippen molar-refractivity contribution in [3.8, 4) is 0 Å². The standard InChI is InChI=1S/C14H27N3O/c1-5-12-10-13(6-2)17(16-12)9-8-14(4,11-18)15-7-3/h10,15,18H,5-9,11H2,1-4H3. The first kappa shape index (κ1) is 15.2. The summed E-state index contributed by atoms with van der Waals surface area (Å²) in [6.45, 7) is 10.3. The summed E-state index contributed by atoms with van der Waals surface area (Å²) in [5.41, 5.74) is 2.22. The van der Waals surface area contributed by atoms with Crippen LogP contribution in [0.4, 0.5) is 0 Å². The van der Waals surface area contributed by atoms with E-state index >= 15 is 0 Å². The number of aromatic nitrogens is 2. The van der Waals surface area contributed by atoms with Crippen molar-refractivity contribution < 1.29 is 5.11 Å². The zero-order valence-corrected chi connectivity index (χ0v) is 12.2. The molecule has 0 radical (unpaired) electrons. The van der Waals surface area contributed by atoms with Crippen LogP contribution in [0.2, 0.25) is 0 Å². The number of likely N-dealkylation sites (N-methyl/N-ethyl adjacent to an activating group) is 1. The van der Waals surface area contributed by atoms with Crippen molar-refractivity contribution in [2.45, 2.75) is 59.0 Å². The summed E-state index contributed by atoms with van der Waals surface area (Å²) in [5, 5.41) is 17.4. The van der Waals surface area contributed by atoms with Crippen LogP contribution in [0.25, 0.3) is 0 Å². The fourth-order valence-corrected chi connectivity index (χ4v) is 2.17. The molecule has 0 aliphatic rings. The number of aliphatic hydroxyl groups excluding tert-OH is 1. The summed E-state index contributed by atoms with van der Waals surface area (Å²) < 4.78 is 2.09. The van der Waals surface area contributed by atoms with E-state index in [1.807, 2.05) is 0 Å². The Labute approximate surface area is 110 Å². The lowest BCUT2D eigenvalue weighted by Crippen LogP contribution is -2.46. The largest absolute Gasteiger partial charge is 0.394 e. The number of nitrogens with zero attached hydrogens (tertiary/aromatic N) is 2. The maximum Gasteiger partial charge on any atom is 0.0624 e. The molecule has 2 N–H and O–H groups in total. The minimum atomic E-state index is -0.210. The summed E-state index contributed by atoms with van der Waals surface area (Å²) in [7, 11) is 0. The van der Waals surface area contributed by atoms with E-state index in [2.05, 4.69) is 48.9 Å². The van der Waals surface area contributed by atoms with E-state index in [1.54, 1.807) is 0 Å². The number of rotatable bonds is 8. The maximum absolute atomic E-state index is 9.48. The summed E-state index contributed by atoms with van der Waals surface area (Å²) in [6.07, 6.45) is 2.86. The van der Waals surface area contributed by atoms with Crippen molar-refractivity contribution in [2.75, 3.05) is 13.2 Å². The SMILES string of the molecule is CCNC(C)(CO)CCn1nc(CC)cc1CC. The molecule has 0 saturated heterocycles. The fourth-order valence-electron chi connectivity index (χ4n) is 2.17. The van der Waals surface area contributed by atoms with Gasteiger partial charge in [-0.3, -0.25) is 4.68 Å². The summed E-state index contributed by atoms with van der Waals surface area (Å²) in [6, 6.07) is 2.18. The van der Waals surface area contributed by atoms with Crippen molar-refractivity contribution >= 4 is 0 Å². The second kappa shape index (κ2) is 6.90. The number of hydrogen-bond donors (Lipinski definition) is 2. The van der Waals surface area contributed by atoms with Gasteiger partial charge in [-0.05, 0) is 38.8 Å². The van der Waals surface area contributed by atoms with E-state index in [4.69, 9.17) is 0 Å². The van der Waals surface area contributed by atoms with Gasteiger partial charge in [0.25, 0.3) is 0 Å². The first-order valence-corrected chi connectivity index (χ1v) is 7.00. The van der Waals surface area contributed by atoms with Gasteiger partial charge in [0, 0.05) is 17.8 Å². The molecule has 0 spiro atoms. The second-order valence-electron chi connectivity index (χ2n) is 5.06. The molecule has 1 heterocycles. The number of aliphatic hydroxyl groups is 1. The first-order valence-electron chi connectivity index (χ1n) is 7.00. The van der Waals surface area contributed by atoms with Crippen LogP contribution >= 0.6 is 0 Å².